The second-order valence-corrected chi connectivity index (χ2v) is 6.82. The minimum Gasteiger partial charge on any atom is -0.326 e. The number of benzene rings is 1. The van der Waals surface area contributed by atoms with Gasteiger partial charge in [0, 0.05) is 22.9 Å². The van der Waals surface area contributed by atoms with Crippen molar-refractivity contribution in [1.82, 2.24) is 0 Å². The highest BCUT2D eigenvalue weighted by Crippen LogP contribution is 2.24. The summed E-state index contributed by atoms with van der Waals surface area (Å²) in [6.07, 6.45) is 0. The zero-order valence-corrected chi connectivity index (χ0v) is 12.1. The fourth-order valence-corrected chi connectivity index (χ4v) is 3.75. The van der Waals surface area contributed by atoms with E-state index in [0.717, 1.165) is 12.1 Å². The van der Waals surface area contributed by atoms with E-state index in [-0.39, 0.29) is 17.0 Å². The van der Waals surface area contributed by atoms with Crippen LogP contribution < -0.4 is 10.5 Å². The fraction of sp³-hybridized carbons (Fsp3) is 0.167. The molecule has 0 fully saturated rings. The van der Waals surface area contributed by atoms with Gasteiger partial charge in [-0.05, 0) is 24.6 Å². The average Bonchev–Trinajstić information content (AvgIpc) is 2.85. The molecular weight excluding hydrogens is 306 g/mol. The molecule has 0 aliphatic carbocycles. The van der Waals surface area contributed by atoms with E-state index in [0.29, 0.717) is 4.88 Å². The molecule has 0 radical (unpaired) electrons. The van der Waals surface area contributed by atoms with E-state index in [1.165, 1.54) is 29.7 Å². The third-order valence-corrected chi connectivity index (χ3v) is 5.09. The highest BCUT2D eigenvalue weighted by molar-refractivity contribution is 7.92. The average molecular weight is 318 g/mol. The molecule has 0 amide bonds. The third kappa shape index (κ3) is 2.97. The summed E-state index contributed by atoms with van der Waals surface area (Å²) in [5, 5.41) is 1.40. The molecule has 20 heavy (non-hydrogen) atoms. The van der Waals surface area contributed by atoms with Gasteiger partial charge in [0.25, 0.3) is 10.0 Å². The molecule has 2 aromatic rings. The van der Waals surface area contributed by atoms with Gasteiger partial charge in [0.1, 0.15) is 11.6 Å². The number of nitrogens with one attached hydrogen (secondary N) is 1. The molecule has 0 aliphatic heterocycles. The first-order valence-electron chi connectivity index (χ1n) is 5.59. The topological polar surface area (TPSA) is 72.2 Å². The van der Waals surface area contributed by atoms with Crippen molar-refractivity contribution in [2.24, 2.45) is 5.73 Å². The first kappa shape index (κ1) is 14.9. The van der Waals surface area contributed by atoms with Gasteiger partial charge < -0.3 is 5.73 Å². The van der Waals surface area contributed by atoms with E-state index < -0.39 is 27.3 Å². The zero-order chi connectivity index (χ0) is 14.9. The predicted octanol–water partition coefficient (Wildman–Crippen LogP) is 2.59. The number of halogens is 2. The van der Waals surface area contributed by atoms with E-state index in [4.69, 9.17) is 5.73 Å². The lowest BCUT2D eigenvalue weighted by Crippen LogP contribution is -2.13. The zero-order valence-electron chi connectivity index (χ0n) is 10.5. The van der Waals surface area contributed by atoms with Gasteiger partial charge in [0.15, 0.2) is 0 Å². The van der Waals surface area contributed by atoms with Crippen molar-refractivity contribution < 1.29 is 17.2 Å². The third-order valence-electron chi connectivity index (χ3n) is 2.63. The lowest BCUT2D eigenvalue weighted by atomic mass is 10.2. The Balaban J connectivity index is 2.35. The van der Waals surface area contributed by atoms with Gasteiger partial charge >= 0.3 is 0 Å². The molecule has 8 heteroatoms. The first-order valence-corrected chi connectivity index (χ1v) is 7.95. The maximum absolute atomic E-state index is 13.6. The van der Waals surface area contributed by atoms with Crippen molar-refractivity contribution in [3.8, 4) is 0 Å². The number of anilines is 1. The van der Waals surface area contributed by atoms with E-state index in [1.54, 1.807) is 0 Å². The van der Waals surface area contributed by atoms with E-state index in [9.17, 15) is 17.2 Å². The van der Waals surface area contributed by atoms with Crippen molar-refractivity contribution in [3.05, 3.63) is 45.7 Å². The molecule has 0 saturated carbocycles. The first-order chi connectivity index (χ1) is 9.33. The van der Waals surface area contributed by atoms with Gasteiger partial charge in [-0.2, -0.15) is 0 Å². The minimum absolute atomic E-state index is 0.0247. The molecule has 0 atom stereocenters. The number of hydrogen-bond acceptors (Lipinski definition) is 4. The summed E-state index contributed by atoms with van der Waals surface area (Å²) in [6.45, 7) is 1.61. The Morgan fingerprint density at radius 1 is 1.25 bits per heavy atom. The monoisotopic (exact) mass is 318 g/mol. The molecule has 0 saturated heterocycles. The Kier molecular flexibility index (Phi) is 4.07. The van der Waals surface area contributed by atoms with Gasteiger partial charge in [-0.25, -0.2) is 17.2 Å². The lowest BCUT2D eigenvalue weighted by Gasteiger charge is -2.08. The van der Waals surface area contributed by atoms with Crippen molar-refractivity contribution in [2.45, 2.75) is 18.4 Å². The molecule has 0 spiro atoms. The largest absolute Gasteiger partial charge is 0.326 e. The molecule has 4 nitrogen and oxygen atoms in total. The SMILES string of the molecule is Cc1cc(F)c(NS(=O)(=O)c2csc(CN)c2)cc1F. The Morgan fingerprint density at radius 2 is 1.95 bits per heavy atom. The Labute approximate surface area is 119 Å². The van der Waals surface area contributed by atoms with Gasteiger partial charge in [-0.15, -0.1) is 11.3 Å². The number of hydrogen-bond donors (Lipinski definition) is 2. The van der Waals surface area contributed by atoms with E-state index in [1.807, 2.05) is 4.72 Å². The van der Waals surface area contributed by atoms with Crippen LogP contribution in [0.25, 0.3) is 0 Å². The summed E-state index contributed by atoms with van der Waals surface area (Å²) in [6, 6.07) is 3.15. The van der Waals surface area contributed by atoms with Crippen molar-refractivity contribution in [1.29, 1.82) is 0 Å². The van der Waals surface area contributed by atoms with Gasteiger partial charge in [-0.3, -0.25) is 4.72 Å². The Morgan fingerprint density at radius 3 is 2.55 bits per heavy atom. The number of nitrogens with two attached hydrogens (primary N) is 1. The van der Waals surface area contributed by atoms with Crippen LogP contribution in [0.3, 0.4) is 0 Å². The van der Waals surface area contributed by atoms with Gasteiger partial charge in [-0.1, -0.05) is 0 Å². The normalized spacial score (nSPS) is 11.6. The Bertz CT molecular complexity index is 742. The van der Waals surface area contributed by atoms with Crippen LogP contribution in [-0.4, -0.2) is 8.42 Å². The molecule has 0 unspecified atom stereocenters. The molecule has 0 aliphatic rings. The smallest absolute Gasteiger partial charge is 0.262 e. The summed E-state index contributed by atoms with van der Waals surface area (Å²) >= 11 is 1.18. The fourth-order valence-electron chi connectivity index (χ4n) is 1.54. The van der Waals surface area contributed by atoms with Crippen LogP contribution in [0, 0.1) is 18.6 Å². The number of rotatable bonds is 4. The number of aryl methyl sites for hydroxylation is 1. The summed E-state index contributed by atoms with van der Waals surface area (Å²) in [5.74, 6) is -1.51. The molecule has 1 aromatic heterocycles. The van der Waals surface area contributed by atoms with Crippen LogP contribution in [0.2, 0.25) is 0 Å². The molecule has 2 rings (SSSR count). The molecule has 108 valence electrons. The summed E-state index contributed by atoms with van der Waals surface area (Å²) < 4.78 is 53.1. The highest BCUT2D eigenvalue weighted by Gasteiger charge is 2.19. The standard InChI is InChI=1S/C12H12F2N2O2S2/c1-7-2-11(14)12(4-10(7)13)16-20(17,18)9-3-8(5-15)19-6-9/h2-4,6,16H,5,15H2,1H3. The predicted molar refractivity (Wildman–Crippen MR) is 74.1 cm³/mol. The number of sulfonamides is 1. The molecule has 1 heterocycles. The van der Waals surface area contributed by atoms with Crippen LogP contribution in [0.1, 0.15) is 10.4 Å². The second kappa shape index (κ2) is 5.47. The van der Waals surface area contributed by atoms with Crippen LogP contribution in [0.15, 0.2) is 28.5 Å². The summed E-state index contributed by atoms with van der Waals surface area (Å²) in [5.41, 5.74) is 5.09. The summed E-state index contributed by atoms with van der Waals surface area (Å²) in [4.78, 5) is 0.657. The van der Waals surface area contributed by atoms with Crippen LogP contribution in [0.4, 0.5) is 14.5 Å². The Hall–Kier alpha value is -1.51. The maximum atomic E-state index is 13.6. The number of thiophene rings is 1. The van der Waals surface area contributed by atoms with Crippen LogP contribution in [-0.2, 0) is 16.6 Å². The second-order valence-electron chi connectivity index (χ2n) is 4.14. The quantitative estimate of drug-likeness (QED) is 0.910. The highest BCUT2D eigenvalue weighted by atomic mass is 32.2. The van der Waals surface area contributed by atoms with E-state index in [2.05, 4.69) is 0 Å². The van der Waals surface area contributed by atoms with Gasteiger partial charge in [0.05, 0.1) is 10.6 Å². The molecular formula is C12H12F2N2O2S2. The van der Waals surface area contributed by atoms with Crippen molar-refractivity contribution in [3.63, 3.8) is 0 Å². The minimum atomic E-state index is -3.96. The molecule has 3 N–H and O–H groups in total. The molecule has 1 aromatic carbocycles. The van der Waals surface area contributed by atoms with Gasteiger partial charge in [0.2, 0.25) is 0 Å². The van der Waals surface area contributed by atoms with Crippen LogP contribution >= 0.6 is 11.3 Å². The molecule has 0 bridgehead atoms. The van der Waals surface area contributed by atoms with E-state index >= 15 is 0 Å². The maximum Gasteiger partial charge on any atom is 0.262 e. The van der Waals surface area contributed by atoms with Crippen LogP contribution in [0.5, 0.6) is 0 Å². The summed E-state index contributed by atoms with van der Waals surface area (Å²) in [7, 11) is -3.96. The lowest BCUT2D eigenvalue weighted by molar-refractivity contribution is 0.590. The van der Waals surface area contributed by atoms with Crippen molar-refractivity contribution in [2.75, 3.05) is 4.72 Å². The van der Waals surface area contributed by atoms with Crippen molar-refractivity contribution >= 4 is 27.0 Å².